The maximum absolute atomic E-state index is 13.1. The van der Waals surface area contributed by atoms with Crippen LogP contribution in [0.5, 0.6) is 5.75 Å². The number of hydrogen-bond donors (Lipinski definition) is 0. The molecule has 132 valence electrons. The van der Waals surface area contributed by atoms with Crippen LogP contribution in [0.15, 0.2) is 58.9 Å². The van der Waals surface area contributed by atoms with Gasteiger partial charge in [-0.1, -0.05) is 17.4 Å². The van der Waals surface area contributed by atoms with E-state index in [1.807, 2.05) is 24.3 Å². The van der Waals surface area contributed by atoms with Crippen LogP contribution in [0.3, 0.4) is 0 Å². The zero-order valence-electron chi connectivity index (χ0n) is 13.9. The van der Waals surface area contributed by atoms with E-state index in [2.05, 4.69) is 10.3 Å². The number of anilines is 1. The molecule has 2 aliphatic heterocycles. The monoisotopic (exact) mass is 354 g/mol. The minimum absolute atomic E-state index is 0.329. The second-order valence-corrected chi connectivity index (χ2v) is 6.03. The van der Waals surface area contributed by atoms with Crippen molar-refractivity contribution in [3.05, 3.63) is 59.9 Å². The average Bonchev–Trinajstić information content (AvgIpc) is 3.17. The maximum atomic E-state index is 13.1. The van der Waals surface area contributed by atoms with Gasteiger partial charge in [0.05, 0.1) is 19.3 Å². The molecule has 0 unspecified atom stereocenters. The lowest BCUT2D eigenvalue weighted by Gasteiger charge is -2.20. The zero-order valence-corrected chi connectivity index (χ0v) is 13.9. The Hall–Kier alpha value is -3.29. The highest BCUT2D eigenvalue weighted by atomic mass is 19.1. The lowest BCUT2D eigenvalue weighted by atomic mass is 10.1. The van der Waals surface area contributed by atoms with Crippen molar-refractivity contribution in [3.63, 3.8) is 0 Å². The van der Waals surface area contributed by atoms with Crippen LogP contribution in [0.4, 0.5) is 10.1 Å². The Balaban J connectivity index is 1.56. The van der Waals surface area contributed by atoms with E-state index in [-0.39, 0.29) is 0 Å². The largest absolute Gasteiger partial charge is 0.497 e. The van der Waals surface area contributed by atoms with Crippen LogP contribution in [0, 0.1) is 5.82 Å². The fraction of sp³-hybridized carbons (Fsp3) is 0.222. The fourth-order valence-corrected chi connectivity index (χ4v) is 3.12. The molecule has 4 rings (SSSR count). The van der Waals surface area contributed by atoms with Gasteiger partial charge in [0.15, 0.2) is 12.1 Å². The highest BCUT2D eigenvalue weighted by Crippen LogP contribution is 2.32. The van der Waals surface area contributed by atoms with Crippen LogP contribution >= 0.6 is 0 Å². The number of carbonyl (C=O) groups is 2. The molecule has 0 aromatic heterocycles. The molecule has 8 heteroatoms. The van der Waals surface area contributed by atoms with Crippen LogP contribution in [-0.2, 0) is 16.1 Å². The molecular formula is C18H15FN4O3. The first-order valence-corrected chi connectivity index (χ1v) is 8.02. The summed E-state index contributed by atoms with van der Waals surface area (Å²) in [6.45, 7) is 0.338. The molecule has 2 aromatic rings. The molecule has 0 radical (unpaired) electrons. The molecule has 7 nitrogen and oxygen atoms in total. The topological polar surface area (TPSA) is 74.6 Å². The standard InChI is InChI=1S/C18H15FN4O3/c1-26-14-8-2-11(3-9-14)10-22-16-15(20-21-22)17(24)23(18(16)25)13-6-4-12(19)5-7-13/h2-9,15-16H,10H2,1H3/t15-,16-/m0/s1. The number of rotatable bonds is 4. The highest BCUT2D eigenvalue weighted by molar-refractivity contribution is 6.25. The number of carbonyl (C=O) groups excluding carboxylic acids is 2. The predicted octanol–water partition coefficient (Wildman–Crippen LogP) is 2.33. The van der Waals surface area contributed by atoms with Gasteiger partial charge in [-0.05, 0) is 42.0 Å². The minimum atomic E-state index is -0.870. The van der Waals surface area contributed by atoms with Gasteiger partial charge in [0, 0.05) is 0 Å². The van der Waals surface area contributed by atoms with E-state index in [9.17, 15) is 14.0 Å². The molecule has 0 saturated carbocycles. The van der Waals surface area contributed by atoms with Gasteiger partial charge in [-0.3, -0.25) is 14.6 Å². The molecule has 2 atom stereocenters. The Labute approximate surface area is 148 Å². The summed E-state index contributed by atoms with van der Waals surface area (Å²) in [5, 5.41) is 9.48. The van der Waals surface area contributed by atoms with Gasteiger partial charge in [0.25, 0.3) is 11.8 Å². The van der Waals surface area contributed by atoms with Crippen molar-refractivity contribution in [2.75, 3.05) is 12.0 Å². The molecule has 1 fully saturated rings. The summed E-state index contributed by atoms with van der Waals surface area (Å²) in [6, 6.07) is 10.9. The summed E-state index contributed by atoms with van der Waals surface area (Å²) in [6.07, 6.45) is 0. The lowest BCUT2D eigenvalue weighted by molar-refractivity contribution is -0.123. The van der Waals surface area contributed by atoms with E-state index in [0.717, 1.165) is 16.2 Å². The number of imide groups is 1. The van der Waals surface area contributed by atoms with E-state index < -0.39 is 29.7 Å². The number of ether oxygens (including phenoxy) is 1. The van der Waals surface area contributed by atoms with Crippen molar-refractivity contribution >= 4 is 17.5 Å². The highest BCUT2D eigenvalue weighted by Gasteiger charge is 2.54. The van der Waals surface area contributed by atoms with Crippen molar-refractivity contribution in [2.24, 2.45) is 10.3 Å². The summed E-state index contributed by atoms with van der Waals surface area (Å²) in [7, 11) is 1.58. The SMILES string of the molecule is COc1ccc(CN2N=N[C@@H]3C(=O)N(c4ccc(F)cc4)C(=O)[C@H]32)cc1. The van der Waals surface area contributed by atoms with Crippen molar-refractivity contribution < 1.29 is 18.7 Å². The molecule has 2 aromatic carbocycles. The maximum Gasteiger partial charge on any atom is 0.263 e. The Kier molecular flexibility index (Phi) is 3.87. The molecule has 0 bridgehead atoms. The first-order valence-electron chi connectivity index (χ1n) is 8.02. The van der Waals surface area contributed by atoms with Crippen LogP contribution in [0.25, 0.3) is 0 Å². The molecule has 0 aliphatic carbocycles. The third kappa shape index (κ3) is 2.59. The predicted molar refractivity (Wildman–Crippen MR) is 89.9 cm³/mol. The van der Waals surface area contributed by atoms with E-state index in [1.165, 1.54) is 29.3 Å². The Morgan fingerprint density at radius 3 is 2.38 bits per heavy atom. The molecule has 26 heavy (non-hydrogen) atoms. The van der Waals surface area contributed by atoms with Crippen LogP contribution in [0.2, 0.25) is 0 Å². The molecule has 0 spiro atoms. The number of methoxy groups -OCH3 is 1. The number of halogens is 1. The summed E-state index contributed by atoms with van der Waals surface area (Å²) in [5.41, 5.74) is 1.24. The first-order chi connectivity index (χ1) is 12.6. The summed E-state index contributed by atoms with van der Waals surface area (Å²) >= 11 is 0. The number of benzene rings is 2. The zero-order chi connectivity index (χ0) is 18.3. The smallest absolute Gasteiger partial charge is 0.263 e. The van der Waals surface area contributed by atoms with Crippen LogP contribution in [-0.4, -0.2) is 36.0 Å². The third-order valence-corrected chi connectivity index (χ3v) is 4.45. The van der Waals surface area contributed by atoms with Crippen molar-refractivity contribution in [3.8, 4) is 5.75 Å². The Bertz CT molecular complexity index is 882. The molecule has 2 aliphatic rings. The number of nitrogens with zero attached hydrogens (tertiary/aromatic N) is 4. The van der Waals surface area contributed by atoms with Crippen LogP contribution in [0.1, 0.15) is 5.56 Å². The van der Waals surface area contributed by atoms with Gasteiger partial charge >= 0.3 is 0 Å². The fourth-order valence-electron chi connectivity index (χ4n) is 3.12. The van der Waals surface area contributed by atoms with E-state index in [0.29, 0.717) is 12.2 Å². The number of hydrogen-bond acceptors (Lipinski definition) is 6. The summed E-state index contributed by atoms with van der Waals surface area (Å²) < 4.78 is 18.2. The van der Waals surface area contributed by atoms with Gasteiger partial charge in [-0.2, -0.15) is 5.11 Å². The van der Waals surface area contributed by atoms with Gasteiger partial charge in [-0.25, -0.2) is 9.29 Å². The number of fused-ring (bicyclic) bond motifs is 1. The van der Waals surface area contributed by atoms with Gasteiger partial charge in [0.1, 0.15) is 11.6 Å². The van der Waals surface area contributed by atoms with Gasteiger partial charge in [-0.15, -0.1) is 0 Å². The quantitative estimate of drug-likeness (QED) is 0.790. The summed E-state index contributed by atoms with van der Waals surface area (Å²) in [5.74, 6) is -0.573. The second kappa shape index (κ2) is 6.21. The molecular weight excluding hydrogens is 339 g/mol. The Morgan fingerprint density at radius 1 is 1.04 bits per heavy atom. The van der Waals surface area contributed by atoms with Crippen LogP contribution < -0.4 is 9.64 Å². The molecule has 0 N–H and O–H groups in total. The summed E-state index contributed by atoms with van der Waals surface area (Å²) in [4.78, 5) is 26.4. The van der Waals surface area contributed by atoms with Gasteiger partial charge < -0.3 is 4.74 Å². The Morgan fingerprint density at radius 2 is 1.73 bits per heavy atom. The molecule has 2 heterocycles. The second-order valence-electron chi connectivity index (χ2n) is 6.03. The first kappa shape index (κ1) is 16.2. The minimum Gasteiger partial charge on any atom is -0.497 e. The molecule has 1 saturated heterocycles. The van der Waals surface area contributed by atoms with E-state index >= 15 is 0 Å². The van der Waals surface area contributed by atoms with Gasteiger partial charge in [0.2, 0.25) is 0 Å². The van der Waals surface area contributed by atoms with Crippen molar-refractivity contribution in [2.45, 2.75) is 18.6 Å². The molecule has 2 amide bonds. The average molecular weight is 354 g/mol. The van der Waals surface area contributed by atoms with E-state index in [4.69, 9.17) is 4.74 Å². The van der Waals surface area contributed by atoms with Crippen molar-refractivity contribution in [1.82, 2.24) is 5.01 Å². The van der Waals surface area contributed by atoms with E-state index in [1.54, 1.807) is 7.11 Å². The normalized spacial score (nSPS) is 21.5. The van der Waals surface area contributed by atoms with Crippen molar-refractivity contribution in [1.29, 1.82) is 0 Å². The lowest BCUT2D eigenvalue weighted by Crippen LogP contribution is -2.39. The third-order valence-electron chi connectivity index (χ3n) is 4.45. The number of amides is 2.